The van der Waals surface area contributed by atoms with Gasteiger partial charge >= 0.3 is 11.9 Å². The third kappa shape index (κ3) is 5.63. The predicted molar refractivity (Wildman–Crippen MR) is 135 cm³/mol. The number of halogens is 1. The first kappa shape index (κ1) is 25.5. The van der Waals surface area contributed by atoms with Crippen LogP contribution in [0.2, 0.25) is 5.02 Å². The standard InChI is InChI=1S/C26H23ClN2O6S/c1-34-26(33)22-18(8-5-13-35-25(32)17-9-11-19(27)12-10-17)15-36-24-21(23(31)29(22)24)28-20(30)14-16-6-3-2-4-7-16/h2-12,21,24H,13-15H2,1H3,(H,28,30)/b8-5-/t21-,24-/m1/s1. The van der Waals surface area contributed by atoms with Crippen LogP contribution in [0, 0.1) is 0 Å². The highest BCUT2D eigenvalue weighted by Crippen LogP contribution is 2.41. The molecule has 0 unspecified atom stereocenters. The first-order valence-electron chi connectivity index (χ1n) is 11.1. The molecule has 2 aromatic carbocycles. The Balaban J connectivity index is 1.40. The number of fused-ring (bicyclic) bond motifs is 1. The number of carbonyl (C=O) groups excluding carboxylic acids is 4. The molecule has 2 amide bonds. The number of esters is 2. The van der Waals surface area contributed by atoms with Crippen LogP contribution in [0.25, 0.3) is 0 Å². The Bertz CT molecular complexity index is 1230. The maximum Gasteiger partial charge on any atom is 0.355 e. The Morgan fingerprint density at radius 1 is 1.11 bits per heavy atom. The maximum absolute atomic E-state index is 12.9. The van der Waals surface area contributed by atoms with Gasteiger partial charge in [0.05, 0.1) is 19.1 Å². The number of benzene rings is 2. The smallest absolute Gasteiger partial charge is 0.355 e. The van der Waals surface area contributed by atoms with E-state index in [2.05, 4.69) is 5.32 Å². The normalized spacial score (nSPS) is 18.9. The van der Waals surface area contributed by atoms with Crippen molar-refractivity contribution in [1.29, 1.82) is 0 Å². The predicted octanol–water partition coefficient (Wildman–Crippen LogP) is 3.12. The second-order valence-corrected chi connectivity index (χ2v) is 9.53. The zero-order chi connectivity index (χ0) is 25.7. The molecule has 2 atom stereocenters. The van der Waals surface area contributed by atoms with Crippen LogP contribution in [0.1, 0.15) is 15.9 Å². The summed E-state index contributed by atoms with van der Waals surface area (Å²) in [6.07, 6.45) is 3.39. The Labute approximate surface area is 217 Å². The van der Waals surface area contributed by atoms with E-state index in [0.717, 1.165) is 5.56 Å². The number of hydrogen-bond acceptors (Lipinski definition) is 7. The Morgan fingerprint density at radius 3 is 2.53 bits per heavy atom. The summed E-state index contributed by atoms with van der Waals surface area (Å²) in [5.41, 5.74) is 1.90. The molecule has 0 aromatic heterocycles. The van der Waals surface area contributed by atoms with Gasteiger partial charge in [0.15, 0.2) is 0 Å². The summed E-state index contributed by atoms with van der Waals surface area (Å²) in [4.78, 5) is 51.4. The topological polar surface area (TPSA) is 102 Å². The van der Waals surface area contributed by atoms with E-state index in [1.807, 2.05) is 30.3 Å². The van der Waals surface area contributed by atoms with Crippen molar-refractivity contribution >= 4 is 47.1 Å². The van der Waals surface area contributed by atoms with Gasteiger partial charge in [-0.3, -0.25) is 14.5 Å². The minimum atomic E-state index is -0.725. The summed E-state index contributed by atoms with van der Waals surface area (Å²) in [5, 5.41) is 2.88. The van der Waals surface area contributed by atoms with Crippen molar-refractivity contribution < 1.29 is 28.7 Å². The molecule has 186 valence electrons. The largest absolute Gasteiger partial charge is 0.464 e. The molecule has 1 saturated heterocycles. The molecule has 4 rings (SSSR count). The van der Waals surface area contributed by atoms with Crippen LogP contribution < -0.4 is 5.32 Å². The van der Waals surface area contributed by atoms with Crippen molar-refractivity contribution in [3.05, 3.63) is 94.2 Å². The average Bonchev–Trinajstić information content (AvgIpc) is 2.89. The van der Waals surface area contributed by atoms with Crippen LogP contribution in [0.15, 0.2) is 78.0 Å². The number of β-lactam (4-membered cyclic amide) rings is 1. The first-order valence-corrected chi connectivity index (χ1v) is 12.5. The second-order valence-electron chi connectivity index (χ2n) is 7.99. The molecule has 10 heteroatoms. The van der Waals surface area contributed by atoms with Gasteiger partial charge in [-0.05, 0) is 41.5 Å². The van der Waals surface area contributed by atoms with E-state index in [9.17, 15) is 19.2 Å². The van der Waals surface area contributed by atoms with Crippen molar-refractivity contribution in [2.75, 3.05) is 19.5 Å². The third-order valence-electron chi connectivity index (χ3n) is 5.61. The number of nitrogens with one attached hydrogen (secondary N) is 1. The lowest BCUT2D eigenvalue weighted by atomic mass is 10.0. The first-order chi connectivity index (χ1) is 17.4. The van der Waals surface area contributed by atoms with Crippen molar-refractivity contribution in [2.45, 2.75) is 17.8 Å². The molecule has 0 radical (unpaired) electrons. The van der Waals surface area contributed by atoms with Gasteiger partial charge in [-0.25, -0.2) is 9.59 Å². The van der Waals surface area contributed by atoms with Crippen molar-refractivity contribution in [3.8, 4) is 0 Å². The van der Waals surface area contributed by atoms with E-state index in [1.54, 1.807) is 36.4 Å². The van der Waals surface area contributed by atoms with Crippen LogP contribution in [0.4, 0.5) is 0 Å². The van der Waals surface area contributed by atoms with E-state index < -0.39 is 23.4 Å². The summed E-state index contributed by atoms with van der Waals surface area (Å²) < 4.78 is 10.1. The lowest BCUT2D eigenvalue weighted by Gasteiger charge is -2.49. The number of carbonyl (C=O) groups is 4. The molecule has 0 spiro atoms. The van der Waals surface area contributed by atoms with Gasteiger partial charge < -0.3 is 14.8 Å². The molecule has 1 N–H and O–H groups in total. The molecule has 2 aromatic rings. The quantitative estimate of drug-likeness (QED) is 0.416. The molecule has 2 heterocycles. The molecule has 2 aliphatic rings. The van der Waals surface area contributed by atoms with Crippen LogP contribution in [-0.2, 0) is 30.3 Å². The third-order valence-corrected chi connectivity index (χ3v) is 7.16. The minimum absolute atomic E-state index is 0.0282. The SMILES string of the molecule is COC(=O)C1=C(/C=C\COC(=O)c2ccc(Cl)cc2)CS[C@@H]2[C@H](NC(=O)Cc3ccccc3)C(=O)N12. The fourth-order valence-electron chi connectivity index (χ4n) is 3.85. The van der Waals surface area contributed by atoms with Gasteiger partial charge in [0.25, 0.3) is 5.91 Å². The molecule has 8 nitrogen and oxygen atoms in total. The van der Waals surface area contributed by atoms with Gasteiger partial charge in [0.2, 0.25) is 5.91 Å². The monoisotopic (exact) mass is 526 g/mol. The van der Waals surface area contributed by atoms with Crippen molar-refractivity contribution in [1.82, 2.24) is 10.2 Å². The van der Waals surface area contributed by atoms with E-state index in [0.29, 0.717) is 21.9 Å². The minimum Gasteiger partial charge on any atom is -0.464 e. The highest BCUT2D eigenvalue weighted by Gasteiger charge is 2.54. The Hall–Kier alpha value is -3.56. The van der Waals surface area contributed by atoms with Crippen LogP contribution in [0.5, 0.6) is 0 Å². The Morgan fingerprint density at radius 2 is 1.83 bits per heavy atom. The number of rotatable bonds is 8. The van der Waals surface area contributed by atoms with Gasteiger partial charge in [-0.1, -0.05) is 48.0 Å². The molecular weight excluding hydrogens is 504 g/mol. The fraction of sp³-hybridized carbons (Fsp3) is 0.231. The molecule has 0 saturated carbocycles. The molecule has 1 fully saturated rings. The van der Waals surface area contributed by atoms with Crippen LogP contribution in [-0.4, -0.2) is 59.5 Å². The zero-order valence-corrected chi connectivity index (χ0v) is 20.9. The van der Waals surface area contributed by atoms with Gasteiger partial charge in [-0.2, -0.15) is 0 Å². The molecule has 2 aliphatic heterocycles. The number of ether oxygens (including phenoxy) is 2. The molecular formula is C26H23ClN2O6S. The molecule has 0 bridgehead atoms. The van der Waals surface area contributed by atoms with Crippen molar-refractivity contribution in [3.63, 3.8) is 0 Å². The van der Waals surface area contributed by atoms with E-state index in [1.165, 1.54) is 23.8 Å². The number of thioether (sulfide) groups is 1. The van der Waals surface area contributed by atoms with E-state index in [4.69, 9.17) is 21.1 Å². The van der Waals surface area contributed by atoms with Gasteiger partial charge in [0, 0.05) is 10.8 Å². The van der Waals surface area contributed by atoms with E-state index in [-0.39, 0.29) is 30.5 Å². The van der Waals surface area contributed by atoms with Gasteiger partial charge in [-0.15, -0.1) is 11.8 Å². The number of hydrogen-bond donors (Lipinski definition) is 1. The fourth-order valence-corrected chi connectivity index (χ4v) is 5.29. The lowest BCUT2D eigenvalue weighted by Crippen LogP contribution is -2.70. The summed E-state index contributed by atoms with van der Waals surface area (Å²) >= 11 is 7.26. The molecule has 36 heavy (non-hydrogen) atoms. The van der Waals surface area contributed by atoms with Crippen LogP contribution >= 0.6 is 23.4 Å². The molecule has 0 aliphatic carbocycles. The summed E-state index contributed by atoms with van der Waals surface area (Å²) in [6, 6.07) is 14.8. The number of amides is 2. The maximum atomic E-state index is 12.9. The number of allylic oxidation sites excluding steroid dienone is 1. The highest BCUT2D eigenvalue weighted by atomic mass is 35.5. The van der Waals surface area contributed by atoms with Gasteiger partial charge in [0.1, 0.15) is 23.7 Å². The van der Waals surface area contributed by atoms with Crippen molar-refractivity contribution in [2.24, 2.45) is 0 Å². The summed E-state index contributed by atoms with van der Waals surface area (Å²) in [7, 11) is 1.24. The average molecular weight is 527 g/mol. The van der Waals surface area contributed by atoms with Crippen LogP contribution in [0.3, 0.4) is 0 Å². The summed E-state index contributed by atoms with van der Waals surface area (Å²) in [6.45, 7) is -0.0282. The Kier molecular flexibility index (Phi) is 8.12. The second kappa shape index (κ2) is 11.5. The zero-order valence-electron chi connectivity index (χ0n) is 19.3. The lowest BCUT2D eigenvalue weighted by molar-refractivity contribution is -0.151. The summed E-state index contributed by atoms with van der Waals surface area (Å²) in [5.74, 6) is -1.40. The number of nitrogens with zero attached hydrogens (tertiary/aromatic N) is 1. The van der Waals surface area contributed by atoms with E-state index >= 15 is 0 Å². The highest BCUT2D eigenvalue weighted by molar-refractivity contribution is 8.00. The number of methoxy groups -OCH3 is 1.